The molecule has 2 heterocycles. The van der Waals surface area contributed by atoms with E-state index in [2.05, 4.69) is 23.1 Å². The van der Waals surface area contributed by atoms with Gasteiger partial charge in [0.05, 0.1) is 17.3 Å². The van der Waals surface area contributed by atoms with Crippen molar-refractivity contribution in [1.29, 1.82) is 0 Å². The molecule has 0 atom stereocenters. The third-order valence-electron chi connectivity index (χ3n) is 3.13. The van der Waals surface area contributed by atoms with Crippen LogP contribution in [0.4, 0.5) is 0 Å². The molecule has 0 bridgehead atoms. The molecule has 0 unspecified atom stereocenters. The Morgan fingerprint density at radius 2 is 2.16 bits per heavy atom. The first kappa shape index (κ1) is 12.2. The zero-order chi connectivity index (χ0) is 13.2. The van der Waals surface area contributed by atoms with Crippen LogP contribution in [0.25, 0.3) is 10.9 Å². The molecule has 3 aromatic rings. The van der Waals surface area contributed by atoms with E-state index >= 15 is 0 Å². The standard InChI is InChI=1S/C15H14ClN3/c1-2-11-7-12-9-19(18-15(12)14(16)8-11)10-13-5-3-4-6-17-13/h3-9H,2,10H2,1H3. The van der Waals surface area contributed by atoms with Crippen molar-refractivity contribution in [1.82, 2.24) is 14.8 Å². The number of aromatic nitrogens is 3. The average molecular weight is 272 g/mol. The van der Waals surface area contributed by atoms with Crippen molar-refractivity contribution in [2.24, 2.45) is 0 Å². The Morgan fingerprint density at radius 1 is 1.26 bits per heavy atom. The van der Waals surface area contributed by atoms with Crippen LogP contribution in [-0.4, -0.2) is 14.8 Å². The van der Waals surface area contributed by atoms with Gasteiger partial charge >= 0.3 is 0 Å². The zero-order valence-electron chi connectivity index (χ0n) is 10.7. The van der Waals surface area contributed by atoms with E-state index in [9.17, 15) is 0 Å². The summed E-state index contributed by atoms with van der Waals surface area (Å²) in [6.45, 7) is 2.78. The van der Waals surface area contributed by atoms with E-state index in [-0.39, 0.29) is 0 Å². The molecule has 1 aromatic carbocycles. The molecule has 0 fully saturated rings. The first-order valence-corrected chi connectivity index (χ1v) is 6.69. The van der Waals surface area contributed by atoms with Gasteiger partial charge in [-0.15, -0.1) is 0 Å². The Hall–Kier alpha value is -1.87. The minimum Gasteiger partial charge on any atom is -0.265 e. The number of halogens is 1. The minimum atomic E-state index is 0.660. The fraction of sp³-hybridized carbons (Fsp3) is 0.200. The molecule has 2 aromatic heterocycles. The van der Waals surface area contributed by atoms with Gasteiger partial charge in [0.15, 0.2) is 0 Å². The van der Waals surface area contributed by atoms with E-state index in [1.54, 1.807) is 6.20 Å². The second-order valence-electron chi connectivity index (χ2n) is 4.52. The lowest BCUT2D eigenvalue weighted by Gasteiger charge is -1.99. The maximum Gasteiger partial charge on any atom is 0.111 e. The molecule has 3 nitrogen and oxygen atoms in total. The van der Waals surface area contributed by atoms with Crippen molar-refractivity contribution in [2.75, 3.05) is 0 Å². The number of pyridine rings is 1. The summed E-state index contributed by atoms with van der Waals surface area (Å²) in [5.41, 5.74) is 3.08. The van der Waals surface area contributed by atoms with Crippen molar-refractivity contribution < 1.29 is 0 Å². The molecule has 0 radical (unpaired) electrons. The summed E-state index contributed by atoms with van der Waals surface area (Å²) in [5, 5.41) is 6.33. The summed E-state index contributed by atoms with van der Waals surface area (Å²) in [6, 6.07) is 10.0. The number of rotatable bonds is 3. The second-order valence-corrected chi connectivity index (χ2v) is 4.92. The second kappa shape index (κ2) is 5.02. The van der Waals surface area contributed by atoms with Crippen LogP contribution < -0.4 is 0 Å². The maximum atomic E-state index is 6.27. The van der Waals surface area contributed by atoms with Crippen LogP contribution in [-0.2, 0) is 13.0 Å². The molecule has 0 aliphatic rings. The molecule has 0 amide bonds. The first-order chi connectivity index (χ1) is 9.26. The van der Waals surface area contributed by atoms with Crippen molar-refractivity contribution >= 4 is 22.5 Å². The van der Waals surface area contributed by atoms with Gasteiger partial charge in [-0.2, -0.15) is 5.10 Å². The molecule has 4 heteroatoms. The monoisotopic (exact) mass is 271 g/mol. The Labute approximate surface area is 116 Å². The smallest absolute Gasteiger partial charge is 0.111 e. The zero-order valence-corrected chi connectivity index (χ0v) is 11.4. The Kier molecular flexibility index (Phi) is 3.22. The van der Waals surface area contributed by atoms with Gasteiger partial charge < -0.3 is 0 Å². The lowest BCUT2D eigenvalue weighted by atomic mass is 10.1. The number of benzene rings is 1. The average Bonchev–Trinajstić information content (AvgIpc) is 2.83. The van der Waals surface area contributed by atoms with Crippen molar-refractivity contribution in [3.63, 3.8) is 0 Å². The molecule has 0 saturated heterocycles. The van der Waals surface area contributed by atoms with Gasteiger partial charge in [0, 0.05) is 17.8 Å². The minimum absolute atomic E-state index is 0.660. The van der Waals surface area contributed by atoms with Crippen LogP contribution in [0.2, 0.25) is 5.02 Å². The molecule has 0 saturated carbocycles. The summed E-state index contributed by atoms with van der Waals surface area (Å²) in [6.07, 6.45) is 4.79. The summed E-state index contributed by atoms with van der Waals surface area (Å²) < 4.78 is 1.89. The van der Waals surface area contributed by atoms with Gasteiger partial charge in [-0.1, -0.05) is 24.6 Å². The van der Waals surface area contributed by atoms with Gasteiger partial charge in [0.2, 0.25) is 0 Å². The molecule has 0 aliphatic heterocycles. The topological polar surface area (TPSA) is 30.7 Å². The molecule has 96 valence electrons. The number of hydrogen-bond donors (Lipinski definition) is 0. The molecule has 0 N–H and O–H groups in total. The van der Waals surface area contributed by atoms with Crippen LogP contribution >= 0.6 is 11.6 Å². The highest BCUT2D eigenvalue weighted by Crippen LogP contribution is 2.24. The van der Waals surface area contributed by atoms with E-state index in [1.807, 2.05) is 35.1 Å². The molecule has 0 spiro atoms. The highest BCUT2D eigenvalue weighted by Gasteiger charge is 2.07. The van der Waals surface area contributed by atoms with Gasteiger partial charge in [0.25, 0.3) is 0 Å². The molecule has 19 heavy (non-hydrogen) atoms. The number of aryl methyl sites for hydroxylation is 1. The largest absolute Gasteiger partial charge is 0.265 e. The molecule has 0 aliphatic carbocycles. The number of nitrogens with zero attached hydrogens (tertiary/aromatic N) is 3. The van der Waals surface area contributed by atoms with Gasteiger partial charge in [-0.05, 0) is 36.2 Å². The van der Waals surface area contributed by atoms with Gasteiger partial charge in [-0.25, -0.2) is 0 Å². The van der Waals surface area contributed by atoms with E-state index in [4.69, 9.17) is 11.6 Å². The highest BCUT2D eigenvalue weighted by atomic mass is 35.5. The summed E-state index contributed by atoms with van der Waals surface area (Å²) in [7, 11) is 0. The molecular weight excluding hydrogens is 258 g/mol. The highest BCUT2D eigenvalue weighted by molar-refractivity contribution is 6.35. The van der Waals surface area contributed by atoms with Crippen LogP contribution in [0.3, 0.4) is 0 Å². The summed E-state index contributed by atoms with van der Waals surface area (Å²) in [5.74, 6) is 0. The number of hydrogen-bond acceptors (Lipinski definition) is 2. The van der Waals surface area contributed by atoms with Crippen LogP contribution in [0, 0.1) is 0 Å². The van der Waals surface area contributed by atoms with E-state index < -0.39 is 0 Å². The lowest BCUT2D eigenvalue weighted by Crippen LogP contribution is -2.01. The van der Waals surface area contributed by atoms with Crippen molar-refractivity contribution in [3.05, 3.63) is 59.0 Å². The van der Waals surface area contributed by atoms with Crippen LogP contribution in [0.1, 0.15) is 18.2 Å². The third kappa shape index (κ3) is 2.47. The Bertz CT molecular complexity index is 704. The van der Waals surface area contributed by atoms with E-state index in [0.29, 0.717) is 11.6 Å². The summed E-state index contributed by atoms with van der Waals surface area (Å²) in [4.78, 5) is 4.31. The Morgan fingerprint density at radius 3 is 2.89 bits per heavy atom. The normalized spacial score (nSPS) is 11.1. The fourth-order valence-corrected chi connectivity index (χ4v) is 2.43. The lowest BCUT2D eigenvalue weighted by molar-refractivity contribution is 0.681. The quantitative estimate of drug-likeness (QED) is 0.727. The third-order valence-corrected chi connectivity index (χ3v) is 3.42. The van der Waals surface area contributed by atoms with Crippen molar-refractivity contribution in [3.8, 4) is 0 Å². The van der Waals surface area contributed by atoms with E-state index in [1.165, 1.54) is 5.56 Å². The number of fused-ring (bicyclic) bond motifs is 1. The molecular formula is C15H14ClN3. The fourth-order valence-electron chi connectivity index (χ4n) is 2.14. The molecule has 3 rings (SSSR count). The van der Waals surface area contributed by atoms with Crippen LogP contribution in [0.5, 0.6) is 0 Å². The van der Waals surface area contributed by atoms with Gasteiger partial charge in [-0.3, -0.25) is 9.67 Å². The Balaban J connectivity index is 2.00. The first-order valence-electron chi connectivity index (χ1n) is 6.32. The maximum absolute atomic E-state index is 6.27. The van der Waals surface area contributed by atoms with Gasteiger partial charge in [0.1, 0.15) is 5.52 Å². The predicted octanol–water partition coefficient (Wildman–Crippen LogP) is 3.70. The van der Waals surface area contributed by atoms with Crippen molar-refractivity contribution in [2.45, 2.75) is 19.9 Å². The summed E-state index contributed by atoms with van der Waals surface area (Å²) >= 11 is 6.27. The van der Waals surface area contributed by atoms with E-state index in [0.717, 1.165) is 23.0 Å². The predicted molar refractivity (Wildman–Crippen MR) is 77.5 cm³/mol. The SMILES string of the molecule is CCc1cc(Cl)c2nn(Cc3ccccn3)cc2c1. The van der Waals surface area contributed by atoms with Crippen LogP contribution in [0.15, 0.2) is 42.7 Å².